The van der Waals surface area contributed by atoms with Crippen molar-refractivity contribution in [3.05, 3.63) is 53.6 Å². The lowest BCUT2D eigenvalue weighted by molar-refractivity contribution is -0.116. The predicted molar refractivity (Wildman–Crippen MR) is 120 cm³/mol. The summed E-state index contributed by atoms with van der Waals surface area (Å²) >= 11 is 0. The number of carbonyl (C=O) groups excluding carboxylic acids is 1. The van der Waals surface area contributed by atoms with Crippen LogP contribution in [0, 0.1) is 0 Å². The molecule has 0 saturated carbocycles. The van der Waals surface area contributed by atoms with Gasteiger partial charge in [-0.15, -0.1) is 0 Å². The summed E-state index contributed by atoms with van der Waals surface area (Å²) in [6.07, 6.45) is 3.40. The van der Waals surface area contributed by atoms with Crippen LogP contribution < -0.4 is 10.1 Å². The molecule has 1 amide bonds. The number of methoxy groups -OCH3 is 2. The summed E-state index contributed by atoms with van der Waals surface area (Å²) in [5.41, 5.74) is 2.37. The summed E-state index contributed by atoms with van der Waals surface area (Å²) in [4.78, 5) is 12.7. The zero-order valence-electron chi connectivity index (χ0n) is 18.1. The maximum Gasteiger partial charge on any atom is 0.243 e. The van der Waals surface area contributed by atoms with Crippen LogP contribution in [0.3, 0.4) is 0 Å². The van der Waals surface area contributed by atoms with Gasteiger partial charge in [0.05, 0.1) is 18.6 Å². The number of hydrogen-bond donors (Lipinski definition) is 1. The number of anilines is 1. The van der Waals surface area contributed by atoms with Crippen LogP contribution in [0.25, 0.3) is 0 Å². The molecular weight excluding hydrogens is 416 g/mol. The Bertz CT molecular complexity index is 1000. The van der Waals surface area contributed by atoms with E-state index in [9.17, 15) is 13.2 Å². The van der Waals surface area contributed by atoms with Crippen LogP contribution in [0.5, 0.6) is 5.75 Å². The molecule has 7 nitrogen and oxygen atoms in total. The number of sulfonamides is 1. The van der Waals surface area contributed by atoms with E-state index in [1.165, 1.54) is 0 Å². The molecule has 0 spiro atoms. The SMILES string of the molecule is COCc1cccc(NC(=O)CCc2cc(S(=O)(=O)N3CCCCC3)ccc2OC)c1. The van der Waals surface area contributed by atoms with E-state index in [0.29, 0.717) is 43.1 Å². The normalized spacial score (nSPS) is 14.9. The van der Waals surface area contributed by atoms with Gasteiger partial charge in [0.15, 0.2) is 0 Å². The van der Waals surface area contributed by atoms with Crippen molar-refractivity contribution < 1.29 is 22.7 Å². The van der Waals surface area contributed by atoms with Crippen LogP contribution in [0.1, 0.15) is 36.8 Å². The number of rotatable bonds is 9. The first kappa shape index (κ1) is 23.2. The molecule has 168 valence electrons. The van der Waals surface area contributed by atoms with Gasteiger partial charge in [-0.25, -0.2) is 8.42 Å². The number of nitrogens with zero attached hydrogens (tertiary/aromatic N) is 1. The molecule has 1 saturated heterocycles. The zero-order valence-corrected chi connectivity index (χ0v) is 18.9. The van der Waals surface area contributed by atoms with Gasteiger partial charge in [0.1, 0.15) is 5.75 Å². The van der Waals surface area contributed by atoms with E-state index in [2.05, 4.69) is 5.32 Å². The third-order valence-electron chi connectivity index (χ3n) is 5.35. The van der Waals surface area contributed by atoms with E-state index in [1.807, 2.05) is 24.3 Å². The van der Waals surface area contributed by atoms with Crippen molar-refractivity contribution >= 4 is 21.6 Å². The van der Waals surface area contributed by atoms with E-state index in [4.69, 9.17) is 9.47 Å². The standard InChI is InChI=1S/C23H30N2O5S/c1-29-17-18-7-6-8-20(15-18)24-23(26)12-9-19-16-21(10-11-22(19)30-2)31(27,28)25-13-4-3-5-14-25/h6-8,10-11,15-16H,3-5,9,12-14,17H2,1-2H3,(H,24,26). The molecule has 1 aliphatic rings. The lowest BCUT2D eigenvalue weighted by atomic mass is 10.1. The van der Waals surface area contributed by atoms with Gasteiger partial charge in [0.2, 0.25) is 15.9 Å². The monoisotopic (exact) mass is 446 g/mol. The number of benzene rings is 2. The smallest absolute Gasteiger partial charge is 0.243 e. The summed E-state index contributed by atoms with van der Waals surface area (Å²) < 4.78 is 38.1. The Hall–Kier alpha value is -2.42. The minimum atomic E-state index is -3.54. The number of hydrogen-bond acceptors (Lipinski definition) is 5. The molecule has 2 aromatic carbocycles. The van der Waals surface area contributed by atoms with Gasteiger partial charge in [0.25, 0.3) is 0 Å². The fourth-order valence-electron chi connectivity index (χ4n) is 3.74. The molecule has 0 radical (unpaired) electrons. The van der Waals surface area contributed by atoms with Crippen LogP contribution in [-0.4, -0.2) is 45.9 Å². The maximum absolute atomic E-state index is 13.0. The van der Waals surface area contributed by atoms with Crippen molar-refractivity contribution in [1.29, 1.82) is 0 Å². The Morgan fingerprint density at radius 1 is 1.06 bits per heavy atom. The Balaban J connectivity index is 1.69. The van der Waals surface area contributed by atoms with Crippen molar-refractivity contribution in [2.24, 2.45) is 0 Å². The summed E-state index contributed by atoms with van der Waals surface area (Å²) in [7, 11) is -0.378. The summed E-state index contributed by atoms with van der Waals surface area (Å²) in [5, 5.41) is 2.88. The molecule has 2 aromatic rings. The van der Waals surface area contributed by atoms with Gasteiger partial charge in [-0.3, -0.25) is 4.79 Å². The molecule has 0 atom stereocenters. The van der Waals surface area contributed by atoms with Gasteiger partial charge in [-0.05, 0) is 60.7 Å². The minimum Gasteiger partial charge on any atom is -0.496 e. The molecule has 0 unspecified atom stereocenters. The van der Waals surface area contributed by atoms with Gasteiger partial charge in [0, 0.05) is 32.3 Å². The fraction of sp³-hybridized carbons (Fsp3) is 0.435. The zero-order chi connectivity index (χ0) is 22.3. The number of amides is 1. The van der Waals surface area contributed by atoms with Crippen molar-refractivity contribution in [1.82, 2.24) is 4.31 Å². The van der Waals surface area contributed by atoms with Crippen molar-refractivity contribution in [3.8, 4) is 5.75 Å². The van der Waals surface area contributed by atoms with Crippen molar-refractivity contribution in [2.75, 3.05) is 32.6 Å². The Kier molecular flexibility index (Phi) is 8.06. The highest BCUT2D eigenvalue weighted by molar-refractivity contribution is 7.89. The quantitative estimate of drug-likeness (QED) is 0.636. The molecule has 1 aliphatic heterocycles. The van der Waals surface area contributed by atoms with Crippen molar-refractivity contribution in [2.45, 2.75) is 43.6 Å². The molecule has 8 heteroatoms. The first-order chi connectivity index (χ1) is 14.9. The fourth-order valence-corrected chi connectivity index (χ4v) is 5.31. The summed E-state index contributed by atoms with van der Waals surface area (Å²) in [6.45, 7) is 1.57. The van der Waals surface area contributed by atoms with Crippen LogP contribution in [-0.2, 0) is 32.6 Å². The molecule has 3 rings (SSSR count). The number of nitrogens with one attached hydrogen (secondary N) is 1. The molecule has 1 fully saturated rings. The maximum atomic E-state index is 13.0. The largest absolute Gasteiger partial charge is 0.496 e. The predicted octanol–water partition coefficient (Wildman–Crippen LogP) is 3.59. The minimum absolute atomic E-state index is 0.152. The first-order valence-electron chi connectivity index (χ1n) is 10.5. The van der Waals surface area contributed by atoms with E-state index in [1.54, 1.807) is 36.7 Å². The molecule has 31 heavy (non-hydrogen) atoms. The third-order valence-corrected chi connectivity index (χ3v) is 7.24. The number of piperidine rings is 1. The molecular formula is C23H30N2O5S. The Morgan fingerprint density at radius 2 is 1.84 bits per heavy atom. The Labute approximate surface area is 184 Å². The lowest BCUT2D eigenvalue weighted by Gasteiger charge is -2.26. The van der Waals surface area contributed by atoms with E-state index in [-0.39, 0.29) is 17.2 Å². The van der Waals surface area contributed by atoms with Gasteiger partial charge in [-0.2, -0.15) is 4.31 Å². The number of aryl methyl sites for hydroxylation is 1. The van der Waals surface area contributed by atoms with E-state index >= 15 is 0 Å². The topological polar surface area (TPSA) is 84.9 Å². The highest BCUT2D eigenvalue weighted by Crippen LogP contribution is 2.27. The van der Waals surface area contributed by atoms with Crippen LogP contribution in [0.4, 0.5) is 5.69 Å². The number of carbonyl (C=O) groups is 1. The Morgan fingerprint density at radius 3 is 2.55 bits per heavy atom. The lowest BCUT2D eigenvalue weighted by Crippen LogP contribution is -2.35. The van der Waals surface area contributed by atoms with Crippen LogP contribution >= 0.6 is 0 Å². The highest BCUT2D eigenvalue weighted by atomic mass is 32.2. The summed E-state index contributed by atoms with van der Waals surface area (Å²) in [6, 6.07) is 12.4. The second-order valence-electron chi connectivity index (χ2n) is 7.62. The molecule has 0 aromatic heterocycles. The van der Waals surface area contributed by atoms with Gasteiger partial charge < -0.3 is 14.8 Å². The average molecular weight is 447 g/mol. The van der Waals surface area contributed by atoms with Crippen molar-refractivity contribution in [3.63, 3.8) is 0 Å². The van der Waals surface area contributed by atoms with E-state index < -0.39 is 10.0 Å². The van der Waals surface area contributed by atoms with E-state index in [0.717, 1.165) is 24.8 Å². The number of ether oxygens (including phenoxy) is 2. The highest BCUT2D eigenvalue weighted by Gasteiger charge is 2.26. The molecule has 0 bridgehead atoms. The molecule has 1 heterocycles. The van der Waals surface area contributed by atoms with Gasteiger partial charge in [-0.1, -0.05) is 18.6 Å². The summed E-state index contributed by atoms with van der Waals surface area (Å²) in [5.74, 6) is 0.424. The van der Waals surface area contributed by atoms with Crippen LogP contribution in [0.15, 0.2) is 47.4 Å². The molecule has 1 N–H and O–H groups in total. The molecule has 0 aliphatic carbocycles. The second-order valence-corrected chi connectivity index (χ2v) is 9.56. The third kappa shape index (κ3) is 6.06. The van der Waals surface area contributed by atoms with Crippen LogP contribution in [0.2, 0.25) is 0 Å². The average Bonchev–Trinajstić information content (AvgIpc) is 2.78. The first-order valence-corrected chi connectivity index (χ1v) is 11.9. The second kappa shape index (κ2) is 10.7. The van der Waals surface area contributed by atoms with Gasteiger partial charge >= 0.3 is 0 Å².